The lowest BCUT2D eigenvalue weighted by Crippen LogP contribution is -2.58. The smallest absolute Gasteiger partial charge is 0.155 e. The fraction of sp³-hybridized carbons (Fsp3) is 0.300. The van der Waals surface area contributed by atoms with Gasteiger partial charge in [0.25, 0.3) is 0 Å². The van der Waals surface area contributed by atoms with Crippen LogP contribution in [-0.2, 0) is 0 Å². The van der Waals surface area contributed by atoms with Gasteiger partial charge in [0.2, 0.25) is 0 Å². The van der Waals surface area contributed by atoms with Gasteiger partial charge in [0.05, 0.1) is 16.9 Å². The first-order valence-electron chi connectivity index (χ1n) is 13.1. The van der Waals surface area contributed by atoms with Crippen molar-refractivity contribution in [3.63, 3.8) is 0 Å². The Hall–Kier alpha value is -3.32. The van der Waals surface area contributed by atoms with Gasteiger partial charge in [-0.3, -0.25) is 9.30 Å². The summed E-state index contributed by atoms with van der Waals surface area (Å²) in [5.41, 5.74) is 5.77. The van der Waals surface area contributed by atoms with E-state index < -0.39 is 0 Å². The van der Waals surface area contributed by atoms with Gasteiger partial charge in [-0.1, -0.05) is 60.1 Å². The summed E-state index contributed by atoms with van der Waals surface area (Å²) in [6, 6.07) is 21.9. The molecule has 3 atom stereocenters. The molecule has 2 aromatic carbocycles. The molecule has 7 heteroatoms. The van der Waals surface area contributed by atoms with Crippen LogP contribution in [-0.4, -0.2) is 56.0 Å². The van der Waals surface area contributed by atoms with Crippen LogP contribution in [0.25, 0.3) is 38.9 Å². The van der Waals surface area contributed by atoms with Crippen molar-refractivity contribution >= 4 is 28.0 Å². The van der Waals surface area contributed by atoms with E-state index in [0.29, 0.717) is 23.2 Å². The molecule has 6 nitrogen and oxygen atoms in total. The molecule has 1 saturated carbocycles. The maximum absolute atomic E-state index is 6.72. The number of hydrogen-bond donors (Lipinski definition) is 1. The molecule has 2 fully saturated rings. The highest BCUT2D eigenvalue weighted by molar-refractivity contribution is 6.33. The van der Waals surface area contributed by atoms with Crippen LogP contribution in [0.1, 0.15) is 31.5 Å². The topological polar surface area (TPSA) is 58.3 Å². The molecule has 186 valence electrons. The highest BCUT2D eigenvalue weighted by Crippen LogP contribution is 2.43. The fourth-order valence-corrected chi connectivity index (χ4v) is 6.29. The number of nitrogens with zero attached hydrogens (tertiary/aromatic N) is 5. The van der Waals surface area contributed by atoms with Crippen LogP contribution in [0.15, 0.2) is 73.1 Å². The summed E-state index contributed by atoms with van der Waals surface area (Å²) in [4.78, 5) is 17.3. The third-order valence-electron chi connectivity index (χ3n) is 8.12. The van der Waals surface area contributed by atoms with E-state index in [1.54, 1.807) is 6.20 Å². The van der Waals surface area contributed by atoms with Crippen LogP contribution in [0.3, 0.4) is 0 Å². The molecule has 2 aliphatic rings. The molecule has 0 spiro atoms. The van der Waals surface area contributed by atoms with Crippen LogP contribution in [0.4, 0.5) is 0 Å². The molecule has 1 saturated heterocycles. The van der Waals surface area contributed by atoms with Crippen molar-refractivity contribution in [1.29, 1.82) is 0 Å². The second kappa shape index (κ2) is 9.21. The molecule has 3 unspecified atom stereocenters. The largest absolute Gasteiger partial charge is 0.314 e. The van der Waals surface area contributed by atoms with Crippen LogP contribution in [0, 0.1) is 0 Å². The van der Waals surface area contributed by atoms with E-state index in [2.05, 4.69) is 69.0 Å². The fourth-order valence-electron chi connectivity index (χ4n) is 6.05. The van der Waals surface area contributed by atoms with Crippen LogP contribution in [0.2, 0.25) is 5.15 Å². The maximum Gasteiger partial charge on any atom is 0.155 e. The van der Waals surface area contributed by atoms with E-state index in [0.717, 1.165) is 70.8 Å². The Morgan fingerprint density at radius 1 is 0.973 bits per heavy atom. The normalized spacial score (nSPS) is 22.4. The van der Waals surface area contributed by atoms with E-state index >= 15 is 0 Å². The Labute approximate surface area is 221 Å². The third kappa shape index (κ3) is 3.91. The molecule has 1 aliphatic carbocycles. The van der Waals surface area contributed by atoms with Crippen LogP contribution < -0.4 is 5.32 Å². The zero-order valence-electron chi connectivity index (χ0n) is 20.8. The van der Waals surface area contributed by atoms with E-state index in [-0.39, 0.29) is 0 Å². The Morgan fingerprint density at radius 3 is 2.65 bits per heavy atom. The van der Waals surface area contributed by atoms with Crippen molar-refractivity contribution in [3.8, 4) is 22.5 Å². The minimum Gasteiger partial charge on any atom is -0.314 e. The van der Waals surface area contributed by atoms with Gasteiger partial charge in [-0.05, 0) is 31.9 Å². The zero-order valence-corrected chi connectivity index (χ0v) is 21.6. The standard InChI is InChI=1S/C30H29ClN6/c1-19-18-32-13-15-36(19)26-12-10-23(26)30-35-27(28-29(31)33-14-16-37(28)30)22-8-7-21-9-11-24(34-25(21)17-22)20-5-3-2-4-6-20/h2-9,11,14,16-17,19,23,26,32H,10,12-13,15,18H2,1H3. The first-order chi connectivity index (χ1) is 18.2. The quantitative estimate of drug-likeness (QED) is 0.332. The Balaban J connectivity index is 1.32. The summed E-state index contributed by atoms with van der Waals surface area (Å²) in [6.45, 7) is 5.50. The van der Waals surface area contributed by atoms with Crippen molar-refractivity contribution in [2.75, 3.05) is 19.6 Å². The van der Waals surface area contributed by atoms with Gasteiger partial charge >= 0.3 is 0 Å². The molecule has 1 N–H and O–H groups in total. The predicted molar refractivity (Wildman–Crippen MR) is 149 cm³/mol. The second-order valence-corrected chi connectivity index (χ2v) is 10.6. The highest BCUT2D eigenvalue weighted by Gasteiger charge is 2.41. The van der Waals surface area contributed by atoms with Crippen LogP contribution in [0.5, 0.6) is 0 Å². The van der Waals surface area contributed by atoms with Gasteiger partial charge in [-0.25, -0.2) is 15.0 Å². The summed E-state index contributed by atoms with van der Waals surface area (Å²) in [5, 5.41) is 5.10. The monoisotopic (exact) mass is 508 g/mol. The van der Waals surface area contributed by atoms with Gasteiger partial charge in [0, 0.05) is 66.5 Å². The molecular formula is C30H29ClN6. The summed E-state index contributed by atoms with van der Waals surface area (Å²) in [6.07, 6.45) is 6.13. The number of nitrogens with one attached hydrogen (secondary N) is 1. The zero-order chi connectivity index (χ0) is 24.9. The molecule has 0 radical (unpaired) electrons. The molecule has 4 heterocycles. The Kier molecular flexibility index (Phi) is 5.69. The lowest BCUT2D eigenvalue weighted by Gasteiger charge is -2.48. The molecule has 7 rings (SSSR count). The second-order valence-electron chi connectivity index (χ2n) is 10.3. The SMILES string of the molecule is CC1CNCCN1C1CCC1c1nc(-c2ccc3ccc(-c4ccccc4)nc3c2)c2c(Cl)nccn12. The van der Waals surface area contributed by atoms with Gasteiger partial charge in [0.1, 0.15) is 11.3 Å². The molecule has 37 heavy (non-hydrogen) atoms. The van der Waals surface area contributed by atoms with Gasteiger partial charge in [-0.15, -0.1) is 0 Å². The van der Waals surface area contributed by atoms with Crippen molar-refractivity contribution in [1.82, 2.24) is 29.6 Å². The minimum absolute atomic E-state index is 0.378. The van der Waals surface area contributed by atoms with E-state index in [1.165, 1.54) is 6.42 Å². The number of imidazole rings is 1. The number of aromatic nitrogens is 4. The molecule has 5 aromatic rings. The Bertz CT molecular complexity index is 1600. The van der Waals surface area contributed by atoms with Crippen molar-refractivity contribution in [2.45, 2.75) is 37.8 Å². The lowest BCUT2D eigenvalue weighted by atomic mass is 9.77. The van der Waals surface area contributed by atoms with Crippen molar-refractivity contribution in [3.05, 3.63) is 84.0 Å². The van der Waals surface area contributed by atoms with E-state index in [4.69, 9.17) is 21.6 Å². The van der Waals surface area contributed by atoms with Crippen molar-refractivity contribution in [2.24, 2.45) is 0 Å². The third-order valence-corrected chi connectivity index (χ3v) is 8.40. The summed E-state index contributed by atoms with van der Waals surface area (Å²) in [7, 11) is 0. The number of pyridine rings is 1. The number of rotatable bonds is 4. The molecule has 0 bridgehead atoms. The van der Waals surface area contributed by atoms with Gasteiger partial charge < -0.3 is 5.32 Å². The highest BCUT2D eigenvalue weighted by atomic mass is 35.5. The predicted octanol–water partition coefficient (Wildman–Crippen LogP) is 5.80. The Morgan fingerprint density at radius 2 is 1.84 bits per heavy atom. The average Bonchev–Trinajstić information content (AvgIpc) is 3.29. The van der Waals surface area contributed by atoms with Crippen molar-refractivity contribution < 1.29 is 0 Å². The molecule has 1 aliphatic heterocycles. The van der Waals surface area contributed by atoms with E-state index in [1.807, 2.05) is 24.4 Å². The first kappa shape index (κ1) is 22.8. The number of fused-ring (bicyclic) bond motifs is 2. The number of piperazine rings is 1. The summed E-state index contributed by atoms with van der Waals surface area (Å²) in [5.74, 6) is 1.46. The first-order valence-corrected chi connectivity index (χ1v) is 13.5. The van der Waals surface area contributed by atoms with E-state index in [9.17, 15) is 0 Å². The molecular weight excluding hydrogens is 480 g/mol. The summed E-state index contributed by atoms with van der Waals surface area (Å²) >= 11 is 6.72. The van der Waals surface area contributed by atoms with Gasteiger partial charge in [-0.2, -0.15) is 0 Å². The lowest BCUT2D eigenvalue weighted by molar-refractivity contribution is 0.0473. The maximum atomic E-state index is 6.72. The average molecular weight is 509 g/mol. The summed E-state index contributed by atoms with van der Waals surface area (Å²) < 4.78 is 2.17. The van der Waals surface area contributed by atoms with Crippen LogP contribution >= 0.6 is 11.6 Å². The number of halogens is 1. The van der Waals surface area contributed by atoms with Gasteiger partial charge in [0.15, 0.2) is 5.15 Å². The molecule has 0 amide bonds. The number of benzene rings is 2. The minimum atomic E-state index is 0.378. The molecule has 3 aromatic heterocycles. The number of hydrogen-bond acceptors (Lipinski definition) is 5.